The number of carbonyl (C=O) groups excluding carboxylic acids is 1. The molecule has 0 aromatic carbocycles. The Morgan fingerprint density at radius 2 is 2.00 bits per heavy atom. The fourth-order valence-corrected chi connectivity index (χ4v) is 8.45. The number of aliphatic hydroxyl groups excluding tert-OH is 2. The van der Waals surface area contributed by atoms with Crippen LogP contribution in [-0.2, 0) is 14.3 Å². The molecule has 0 bridgehead atoms. The Hall–Kier alpha value is -1.22. The van der Waals surface area contributed by atoms with Crippen LogP contribution in [0.3, 0.4) is 0 Å². The van der Waals surface area contributed by atoms with E-state index < -0.39 is 58.6 Å². The number of fused-ring (bicyclic) bond motifs is 7. The van der Waals surface area contributed by atoms with Crippen molar-refractivity contribution in [2.45, 2.75) is 95.7 Å². The second kappa shape index (κ2) is 7.15. The second-order valence-corrected chi connectivity index (χ2v) is 11.4. The number of ketones is 1. The smallest absolute Gasteiger partial charge is 0.193 e. The number of thiocarbonyl (C=S) groups is 1. The molecule has 1 saturated heterocycles. The standard InChI is InChI=1S/C25H32F2O5S/c1-5-6-20-31-19-9-13-14-7-16(26)15-8-17(28)12(2)10-22(15,3)24(14,27)18(29)11-23(13,4)25(19,32-20)21(30)33/h8,10,13-14,16,18-20,29H,5-7,9,11H2,1-4H3,(H,30,33)/t13-,14-,16-,18-,19+,20-,22-,23-,24-,25-/m0/s1. The lowest BCUT2D eigenvalue weighted by Crippen LogP contribution is -2.70. The van der Waals surface area contributed by atoms with Crippen molar-refractivity contribution in [1.82, 2.24) is 0 Å². The van der Waals surface area contributed by atoms with E-state index in [1.54, 1.807) is 13.8 Å². The quantitative estimate of drug-likeness (QED) is 0.578. The molecule has 4 fully saturated rings. The summed E-state index contributed by atoms with van der Waals surface area (Å²) in [5, 5.41) is 21.8. The van der Waals surface area contributed by atoms with E-state index in [1.165, 1.54) is 12.2 Å². The summed E-state index contributed by atoms with van der Waals surface area (Å²) in [6.45, 7) is 7.03. The molecule has 182 valence electrons. The van der Waals surface area contributed by atoms with Crippen LogP contribution in [-0.4, -0.2) is 57.0 Å². The van der Waals surface area contributed by atoms with Gasteiger partial charge in [0.25, 0.3) is 0 Å². The van der Waals surface area contributed by atoms with Gasteiger partial charge < -0.3 is 19.7 Å². The van der Waals surface area contributed by atoms with E-state index in [1.807, 2.05) is 13.8 Å². The van der Waals surface area contributed by atoms with Crippen LogP contribution in [0.25, 0.3) is 0 Å². The second-order valence-electron chi connectivity index (χ2n) is 11.1. The van der Waals surface area contributed by atoms with Crippen molar-refractivity contribution in [3.63, 3.8) is 0 Å². The molecule has 8 heteroatoms. The van der Waals surface area contributed by atoms with Crippen molar-refractivity contribution in [3.8, 4) is 0 Å². The number of hydrogen-bond acceptors (Lipinski definition) is 5. The molecule has 3 saturated carbocycles. The van der Waals surface area contributed by atoms with Gasteiger partial charge in [-0.15, -0.1) is 0 Å². The van der Waals surface area contributed by atoms with Gasteiger partial charge in [-0.1, -0.05) is 26.3 Å². The van der Waals surface area contributed by atoms with Gasteiger partial charge in [0.15, 0.2) is 28.4 Å². The van der Waals surface area contributed by atoms with Gasteiger partial charge in [0.2, 0.25) is 0 Å². The number of aliphatic hydroxyl groups is 2. The topological polar surface area (TPSA) is 76.0 Å². The van der Waals surface area contributed by atoms with Crippen LogP contribution >= 0.6 is 12.2 Å². The summed E-state index contributed by atoms with van der Waals surface area (Å²) in [5.41, 5.74) is -5.49. The number of hydrogen-bond donors (Lipinski definition) is 2. The van der Waals surface area contributed by atoms with E-state index in [9.17, 15) is 15.0 Å². The van der Waals surface area contributed by atoms with Gasteiger partial charge in [-0.25, -0.2) is 8.78 Å². The van der Waals surface area contributed by atoms with Crippen LogP contribution in [0.4, 0.5) is 8.78 Å². The largest absolute Gasteiger partial charge is 0.500 e. The van der Waals surface area contributed by atoms with Gasteiger partial charge >= 0.3 is 0 Å². The molecule has 0 spiro atoms. The van der Waals surface area contributed by atoms with Crippen LogP contribution < -0.4 is 0 Å². The van der Waals surface area contributed by atoms with Crippen LogP contribution in [0.1, 0.15) is 59.8 Å². The minimum absolute atomic E-state index is 0.0231. The summed E-state index contributed by atoms with van der Waals surface area (Å²) in [5.74, 6) is -1.63. The molecule has 1 aliphatic heterocycles. The molecule has 0 aromatic rings. The molecule has 33 heavy (non-hydrogen) atoms. The predicted octanol–water partition coefficient (Wildman–Crippen LogP) is 4.47. The molecule has 4 aliphatic carbocycles. The van der Waals surface area contributed by atoms with Crippen LogP contribution in [0.15, 0.2) is 23.3 Å². The highest BCUT2D eigenvalue weighted by Gasteiger charge is 2.79. The Kier molecular flexibility index (Phi) is 5.10. The summed E-state index contributed by atoms with van der Waals surface area (Å²) in [4.78, 5) is 12.3. The van der Waals surface area contributed by atoms with Crippen molar-refractivity contribution in [2.24, 2.45) is 22.7 Å². The minimum Gasteiger partial charge on any atom is -0.500 e. The Balaban J connectivity index is 1.63. The number of halogens is 2. The van der Waals surface area contributed by atoms with E-state index in [0.29, 0.717) is 18.4 Å². The van der Waals surface area contributed by atoms with Gasteiger partial charge in [-0.05, 0) is 74.9 Å². The predicted molar refractivity (Wildman–Crippen MR) is 121 cm³/mol. The molecule has 0 amide bonds. The van der Waals surface area contributed by atoms with Crippen molar-refractivity contribution < 1.29 is 33.3 Å². The Morgan fingerprint density at radius 1 is 1.30 bits per heavy atom. The van der Waals surface area contributed by atoms with Crippen LogP contribution in [0.5, 0.6) is 0 Å². The van der Waals surface area contributed by atoms with Gasteiger partial charge in [-0.3, -0.25) is 4.79 Å². The first-order valence-electron chi connectivity index (χ1n) is 11.9. The Bertz CT molecular complexity index is 982. The summed E-state index contributed by atoms with van der Waals surface area (Å²) in [6.07, 6.45) is 0.199. The highest BCUT2D eigenvalue weighted by atomic mass is 32.1. The lowest BCUT2D eigenvalue weighted by Gasteiger charge is -2.63. The molecular weight excluding hydrogens is 450 g/mol. The number of rotatable bonds is 3. The van der Waals surface area contributed by atoms with Crippen molar-refractivity contribution >= 4 is 23.1 Å². The summed E-state index contributed by atoms with van der Waals surface area (Å²) >= 11 is 5.29. The third-order valence-corrected chi connectivity index (χ3v) is 9.87. The van der Waals surface area contributed by atoms with Crippen LogP contribution in [0.2, 0.25) is 0 Å². The fourth-order valence-electron chi connectivity index (χ4n) is 8.03. The van der Waals surface area contributed by atoms with Crippen molar-refractivity contribution in [3.05, 3.63) is 23.3 Å². The monoisotopic (exact) mass is 482 g/mol. The zero-order valence-electron chi connectivity index (χ0n) is 19.4. The zero-order chi connectivity index (χ0) is 24.1. The van der Waals surface area contributed by atoms with E-state index in [0.717, 1.165) is 6.42 Å². The molecule has 1 heterocycles. The molecule has 2 N–H and O–H groups in total. The molecule has 0 unspecified atom stereocenters. The fraction of sp³-hybridized carbons (Fsp3) is 0.760. The number of alkyl halides is 2. The van der Waals surface area contributed by atoms with Gasteiger partial charge in [-0.2, -0.15) is 0 Å². The average molecular weight is 483 g/mol. The number of ether oxygens (including phenoxy) is 2. The maximum Gasteiger partial charge on any atom is 0.193 e. The first kappa shape index (κ1) is 23.5. The lowest BCUT2D eigenvalue weighted by molar-refractivity contribution is -0.226. The van der Waals surface area contributed by atoms with E-state index in [4.69, 9.17) is 21.7 Å². The Labute approximate surface area is 198 Å². The molecule has 5 rings (SSSR count). The number of allylic oxidation sites excluding steroid dienone is 4. The minimum atomic E-state index is -2.19. The molecule has 5 aliphatic rings. The third kappa shape index (κ3) is 2.61. The maximum atomic E-state index is 17.3. The molecule has 5 nitrogen and oxygen atoms in total. The highest BCUT2D eigenvalue weighted by Crippen LogP contribution is 2.72. The maximum absolute atomic E-state index is 17.3. The van der Waals surface area contributed by atoms with Crippen molar-refractivity contribution in [1.29, 1.82) is 0 Å². The zero-order valence-corrected chi connectivity index (χ0v) is 20.3. The average Bonchev–Trinajstić information content (AvgIpc) is 3.20. The first-order chi connectivity index (χ1) is 15.4. The Morgan fingerprint density at radius 3 is 2.64 bits per heavy atom. The molecule has 10 atom stereocenters. The molecular formula is C25H32F2O5S. The molecule has 0 aromatic heterocycles. The summed E-state index contributed by atoms with van der Waals surface area (Å²) in [7, 11) is 0. The summed E-state index contributed by atoms with van der Waals surface area (Å²) < 4.78 is 45.3. The van der Waals surface area contributed by atoms with E-state index in [-0.39, 0.29) is 29.2 Å². The first-order valence-corrected chi connectivity index (χ1v) is 12.3. The highest BCUT2D eigenvalue weighted by molar-refractivity contribution is 7.80. The summed E-state index contributed by atoms with van der Waals surface area (Å²) in [6, 6.07) is 0. The SMILES string of the molecule is CCC[C@H]1O[C@@H]2C[C@H]3[C@@H]4C[C@H](F)C5=CC(=O)C(C)=C[C@]5(C)[C@@]4(F)[C@@H](O)C[C@]3(C)[C@]2(C(O)=S)O1. The third-order valence-electron chi connectivity index (χ3n) is 9.57. The van der Waals surface area contributed by atoms with Gasteiger partial charge in [0.05, 0.1) is 12.2 Å². The lowest BCUT2D eigenvalue weighted by atomic mass is 9.44. The van der Waals surface area contributed by atoms with E-state index in [2.05, 4.69) is 0 Å². The van der Waals surface area contributed by atoms with E-state index >= 15 is 8.78 Å². The van der Waals surface area contributed by atoms with Crippen molar-refractivity contribution in [2.75, 3.05) is 0 Å². The molecule has 0 radical (unpaired) electrons. The normalized spacial score (nSPS) is 52.9. The van der Waals surface area contributed by atoms with Gasteiger partial charge in [0, 0.05) is 16.7 Å². The van der Waals surface area contributed by atoms with Gasteiger partial charge in [0.1, 0.15) is 6.17 Å². The van der Waals surface area contributed by atoms with Crippen LogP contribution in [0, 0.1) is 22.7 Å². The number of carbonyl (C=O) groups is 1.